The Bertz CT molecular complexity index is 1180. The summed E-state index contributed by atoms with van der Waals surface area (Å²) in [7, 11) is 3.30. The molecule has 1 heterocycles. The van der Waals surface area contributed by atoms with Gasteiger partial charge in [0.15, 0.2) is 11.4 Å². The molecule has 246 valence electrons. The van der Waals surface area contributed by atoms with Crippen molar-refractivity contribution in [2.24, 2.45) is 4.99 Å². The summed E-state index contributed by atoms with van der Waals surface area (Å²) in [4.78, 5) is 6.80. The Hall–Kier alpha value is -3.55. The zero-order valence-corrected chi connectivity index (χ0v) is 27.3. The first-order valence-corrected chi connectivity index (χ1v) is 15.5. The van der Waals surface area contributed by atoms with E-state index in [-0.39, 0.29) is 11.4 Å². The maximum Gasteiger partial charge on any atom is 0.175 e. The lowest BCUT2D eigenvalue weighted by Gasteiger charge is -2.25. The van der Waals surface area contributed by atoms with Gasteiger partial charge in [-0.1, -0.05) is 31.6 Å². The Morgan fingerprint density at radius 3 is 1.84 bits per heavy atom. The van der Waals surface area contributed by atoms with Gasteiger partial charge in [-0.05, 0) is 49.1 Å². The fourth-order valence-corrected chi connectivity index (χ4v) is 4.35. The quantitative estimate of drug-likeness (QED) is 0.163. The normalized spacial score (nSPS) is 13.4. The minimum absolute atomic E-state index is 0.0847. The molecule has 1 aliphatic heterocycles. The summed E-state index contributed by atoms with van der Waals surface area (Å²) >= 11 is 0. The van der Waals surface area contributed by atoms with Crippen LogP contribution in [0.4, 0.5) is 5.69 Å². The minimum atomic E-state index is 0.0847. The fraction of sp³-hybridized carbons (Fsp3) is 0.559. The molecule has 0 unspecified atom stereocenters. The van der Waals surface area contributed by atoms with Gasteiger partial charge in [-0.15, -0.1) is 0 Å². The average Bonchev–Trinajstić information content (AvgIpc) is 3.19. The Kier molecular flexibility index (Phi) is 19.9. The van der Waals surface area contributed by atoms with Crippen LogP contribution in [0.15, 0.2) is 58.0 Å². The largest absolute Gasteiger partial charge is 0.382 e. The van der Waals surface area contributed by atoms with Gasteiger partial charge in [0.25, 0.3) is 0 Å². The van der Waals surface area contributed by atoms with Crippen molar-refractivity contribution in [3.63, 3.8) is 0 Å². The van der Waals surface area contributed by atoms with Crippen LogP contribution >= 0.6 is 0 Å². The molecule has 0 bridgehead atoms. The van der Waals surface area contributed by atoms with Gasteiger partial charge in [0.1, 0.15) is 12.1 Å². The number of aliphatic imine (C=N–C) groups is 1. The van der Waals surface area contributed by atoms with E-state index in [1.54, 1.807) is 14.2 Å². The monoisotopic (exact) mass is 623 g/mol. The summed E-state index contributed by atoms with van der Waals surface area (Å²) in [5.41, 5.74) is 4.82. The Morgan fingerprint density at radius 1 is 0.778 bits per heavy atom. The number of benzene rings is 1. The average molecular weight is 624 g/mol. The molecule has 0 saturated carbocycles. The van der Waals surface area contributed by atoms with Crippen molar-refractivity contribution in [3.05, 3.63) is 58.6 Å². The highest BCUT2D eigenvalue weighted by Gasteiger charge is 2.17. The number of anilines is 1. The molecule has 11 nitrogen and oxygen atoms in total. The van der Waals surface area contributed by atoms with E-state index in [2.05, 4.69) is 46.4 Å². The molecule has 0 fully saturated rings. The number of unbranched alkanes of at least 4 members (excludes halogenated alkanes) is 1. The first kappa shape index (κ1) is 37.6. The van der Waals surface area contributed by atoms with Crippen molar-refractivity contribution in [3.8, 4) is 12.1 Å². The van der Waals surface area contributed by atoms with E-state index >= 15 is 0 Å². The summed E-state index contributed by atoms with van der Waals surface area (Å²) in [5.74, 6) is 0. The number of hydrogen-bond acceptors (Lipinski definition) is 11. The van der Waals surface area contributed by atoms with Crippen LogP contribution in [0.2, 0.25) is 0 Å². The molecule has 0 spiro atoms. The van der Waals surface area contributed by atoms with Gasteiger partial charge in [-0.25, -0.2) is 4.99 Å². The molecule has 11 heteroatoms. The Balaban J connectivity index is 2.09. The second-order valence-corrected chi connectivity index (χ2v) is 10.1. The topological polar surface area (TPSA) is 131 Å². The zero-order chi connectivity index (χ0) is 32.5. The summed E-state index contributed by atoms with van der Waals surface area (Å²) in [6.45, 7) is 10.9. The number of methoxy groups -OCH3 is 2. The number of nitrogens with one attached hydrogen (secondary N) is 1. The van der Waals surface area contributed by atoms with Gasteiger partial charge in [0.05, 0.1) is 71.8 Å². The number of hydrogen-bond donors (Lipinski definition) is 1. The summed E-state index contributed by atoms with van der Waals surface area (Å²) < 4.78 is 32.6. The number of ether oxygens (including phenoxy) is 6. The van der Waals surface area contributed by atoms with Crippen LogP contribution in [-0.2, 0) is 28.4 Å². The Labute approximate surface area is 268 Å². The van der Waals surface area contributed by atoms with Crippen LogP contribution in [0.5, 0.6) is 0 Å². The standard InChI is InChI=1S/C34H49N5O6/c1-5-6-7-31-28(2)37-33(26-35)34(27-36)38-32(31)13-10-29-8-11-30(12-9-29)39(14-16-42-22-24-44-20-18-40-3)15-17-43-23-25-45-21-19-41-4/h8-13,37H,5-7,14-25H2,1-4H3/b13-10+. The van der Waals surface area contributed by atoms with Crippen LogP contribution in [0.3, 0.4) is 0 Å². The lowest BCUT2D eigenvalue weighted by atomic mass is 10.0. The van der Waals surface area contributed by atoms with Gasteiger partial charge >= 0.3 is 0 Å². The van der Waals surface area contributed by atoms with Gasteiger partial charge in [0, 0.05) is 38.7 Å². The first-order chi connectivity index (χ1) is 22.1. The van der Waals surface area contributed by atoms with Crippen molar-refractivity contribution >= 4 is 17.5 Å². The fourth-order valence-electron chi connectivity index (χ4n) is 4.35. The van der Waals surface area contributed by atoms with Crippen LogP contribution < -0.4 is 10.2 Å². The number of nitriles is 2. The van der Waals surface area contributed by atoms with Crippen molar-refractivity contribution in [1.29, 1.82) is 10.5 Å². The van der Waals surface area contributed by atoms with Gasteiger partial charge in [-0.2, -0.15) is 10.5 Å². The molecular weight excluding hydrogens is 574 g/mol. The lowest BCUT2D eigenvalue weighted by molar-refractivity contribution is 0.0235. The van der Waals surface area contributed by atoms with Gasteiger partial charge in [0.2, 0.25) is 0 Å². The number of nitrogens with zero attached hydrogens (tertiary/aromatic N) is 4. The summed E-state index contributed by atoms with van der Waals surface area (Å²) in [6.07, 6.45) is 6.70. The molecule has 0 atom stereocenters. The molecule has 0 aliphatic carbocycles. The number of allylic oxidation sites excluding steroid dienone is 5. The second-order valence-electron chi connectivity index (χ2n) is 10.1. The SMILES string of the molecule is CCCCC1=C(C)NC(C#N)=C(C#N)N=C1/C=C/c1ccc(N(CCOCCOCCOC)CCOCCOCCOC)cc1. The smallest absolute Gasteiger partial charge is 0.175 e. The van der Waals surface area contributed by atoms with Crippen molar-refractivity contribution < 1.29 is 28.4 Å². The van der Waals surface area contributed by atoms with Crippen LogP contribution in [0.1, 0.15) is 38.7 Å². The molecular formula is C34H49N5O6. The molecule has 1 aromatic carbocycles. The highest BCUT2D eigenvalue weighted by Crippen LogP contribution is 2.22. The third kappa shape index (κ3) is 14.9. The second kappa shape index (κ2) is 23.8. The molecule has 2 rings (SSSR count). The highest BCUT2D eigenvalue weighted by molar-refractivity contribution is 6.11. The minimum Gasteiger partial charge on any atom is -0.382 e. The maximum absolute atomic E-state index is 9.63. The van der Waals surface area contributed by atoms with Crippen molar-refractivity contribution in [1.82, 2.24) is 5.32 Å². The molecule has 0 radical (unpaired) electrons. The predicted octanol–water partition coefficient (Wildman–Crippen LogP) is 4.63. The van der Waals surface area contributed by atoms with E-state index in [1.165, 1.54) is 0 Å². The van der Waals surface area contributed by atoms with E-state index in [1.807, 2.05) is 31.2 Å². The van der Waals surface area contributed by atoms with Crippen molar-refractivity contribution in [2.75, 3.05) is 98.3 Å². The van der Waals surface area contributed by atoms with Crippen molar-refractivity contribution in [2.45, 2.75) is 33.1 Å². The molecule has 0 amide bonds. The summed E-state index contributed by atoms with van der Waals surface area (Å²) in [6, 6.07) is 12.4. The molecule has 1 aromatic rings. The van der Waals surface area contributed by atoms with Crippen LogP contribution in [0, 0.1) is 22.7 Å². The van der Waals surface area contributed by atoms with E-state index in [9.17, 15) is 10.5 Å². The third-order valence-electron chi connectivity index (χ3n) is 6.85. The predicted molar refractivity (Wildman–Crippen MR) is 176 cm³/mol. The van der Waals surface area contributed by atoms with Crippen LogP contribution in [-0.4, -0.2) is 99.1 Å². The number of rotatable bonds is 24. The highest BCUT2D eigenvalue weighted by atomic mass is 16.5. The van der Waals surface area contributed by atoms with Gasteiger partial charge < -0.3 is 38.6 Å². The molecule has 1 N–H and O–H groups in total. The molecule has 0 saturated heterocycles. The van der Waals surface area contributed by atoms with Crippen LogP contribution in [0.25, 0.3) is 6.08 Å². The summed E-state index contributed by atoms with van der Waals surface area (Å²) in [5, 5.41) is 22.2. The maximum atomic E-state index is 9.63. The first-order valence-electron chi connectivity index (χ1n) is 15.5. The molecule has 0 aromatic heterocycles. The van der Waals surface area contributed by atoms with Gasteiger partial charge in [-0.3, -0.25) is 0 Å². The third-order valence-corrected chi connectivity index (χ3v) is 6.85. The Morgan fingerprint density at radius 2 is 1.33 bits per heavy atom. The van der Waals surface area contributed by atoms with E-state index in [0.29, 0.717) is 84.9 Å². The van der Waals surface area contributed by atoms with E-state index in [0.717, 1.165) is 41.8 Å². The zero-order valence-electron chi connectivity index (χ0n) is 27.3. The molecule has 1 aliphatic rings. The van der Waals surface area contributed by atoms with E-state index < -0.39 is 0 Å². The lowest BCUT2D eigenvalue weighted by Crippen LogP contribution is -2.31. The van der Waals surface area contributed by atoms with E-state index in [4.69, 9.17) is 28.4 Å². The molecule has 45 heavy (non-hydrogen) atoms.